The maximum atomic E-state index is 12.6. The van der Waals surface area contributed by atoms with Crippen LogP contribution >= 0.6 is 11.6 Å². The van der Waals surface area contributed by atoms with Crippen LogP contribution < -0.4 is 5.43 Å². The Balaban J connectivity index is 2.42. The van der Waals surface area contributed by atoms with Crippen LogP contribution in [-0.4, -0.2) is 14.9 Å². The van der Waals surface area contributed by atoms with Crippen LogP contribution in [0.2, 0.25) is 5.02 Å². The summed E-state index contributed by atoms with van der Waals surface area (Å²) in [5.41, 5.74) is 2.08. The Kier molecular flexibility index (Phi) is 3.54. The molecule has 1 atom stereocenters. The molecule has 0 amide bonds. The predicted molar refractivity (Wildman–Crippen MR) is 85.1 cm³/mol. The fourth-order valence-electron chi connectivity index (χ4n) is 2.49. The van der Waals surface area contributed by atoms with Crippen LogP contribution in [0, 0.1) is 6.92 Å². The lowest BCUT2D eigenvalue weighted by Gasteiger charge is -2.11. The molecule has 114 valence electrons. The number of nitrogens with zero attached hydrogens (tertiary/aromatic N) is 2. The van der Waals surface area contributed by atoms with E-state index in [1.165, 1.54) is 0 Å². The zero-order valence-electron chi connectivity index (χ0n) is 12.4. The minimum absolute atomic E-state index is 0.0163. The van der Waals surface area contributed by atoms with Crippen LogP contribution in [0.25, 0.3) is 22.3 Å². The van der Waals surface area contributed by atoms with Crippen LogP contribution in [0.15, 0.2) is 33.7 Å². The number of hydrogen-bond donors (Lipinski definition) is 1. The average molecular weight is 319 g/mol. The molecule has 0 aliphatic carbocycles. The monoisotopic (exact) mass is 318 g/mol. The van der Waals surface area contributed by atoms with Crippen molar-refractivity contribution in [3.8, 4) is 11.3 Å². The van der Waals surface area contributed by atoms with Gasteiger partial charge in [-0.25, -0.2) is 0 Å². The molecule has 2 aromatic heterocycles. The summed E-state index contributed by atoms with van der Waals surface area (Å²) < 4.78 is 7.47. The molecule has 0 fully saturated rings. The molecule has 22 heavy (non-hydrogen) atoms. The summed E-state index contributed by atoms with van der Waals surface area (Å²) in [5, 5.41) is 14.4. The molecule has 1 N–H and O–H groups in total. The van der Waals surface area contributed by atoms with Crippen LogP contribution in [0.5, 0.6) is 0 Å². The molecular weight excluding hydrogens is 304 g/mol. The van der Waals surface area contributed by atoms with Gasteiger partial charge in [0.2, 0.25) is 5.43 Å². The molecule has 0 bridgehead atoms. The third-order valence-electron chi connectivity index (χ3n) is 3.53. The van der Waals surface area contributed by atoms with Gasteiger partial charge in [0.15, 0.2) is 5.76 Å². The first kappa shape index (κ1) is 14.8. The largest absolute Gasteiger partial charge is 0.454 e. The average Bonchev–Trinajstić information content (AvgIpc) is 2.88. The highest BCUT2D eigenvalue weighted by atomic mass is 35.5. The fraction of sp³-hybridized carbons (Fsp3) is 0.250. The van der Waals surface area contributed by atoms with E-state index in [2.05, 4.69) is 5.10 Å². The van der Waals surface area contributed by atoms with E-state index in [-0.39, 0.29) is 16.2 Å². The maximum absolute atomic E-state index is 12.6. The van der Waals surface area contributed by atoms with Gasteiger partial charge < -0.3 is 9.52 Å². The van der Waals surface area contributed by atoms with Crippen molar-refractivity contribution in [2.75, 3.05) is 0 Å². The molecule has 3 rings (SSSR count). The first-order valence-electron chi connectivity index (χ1n) is 6.82. The number of aryl methyl sites for hydroxylation is 2. The van der Waals surface area contributed by atoms with Crippen molar-refractivity contribution in [3.63, 3.8) is 0 Å². The van der Waals surface area contributed by atoms with E-state index in [9.17, 15) is 9.90 Å². The first-order chi connectivity index (χ1) is 10.4. The third kappa shape index (κ3) is 2.32. The second-order valence-electron chi connectivity index (χ2n) is 5.38. The van der Waals surface area contributed by atoms with Gasteiger partial charge in [-0.05, 0) is 31.5 Å². The van der Waals surface area contributed by atoms with Gasteiger partial charge in [0, 0.05) is 18.8 Å². The molecular formula is C16H15ClN2O3. The summed E-state index contributed by atoms with van der Waals surface area (Å²) in [6.45, 7) is 3.49. The van der Waals surface area contributed by atoms with Gasteiger partial charge >= 0.3 is 0 Å². The maximum Gasteiger partial charge on any atom is 0.211 e. The fourth-order valence-corrected chi connectivity index (χ4v) is 2.74. The van der Waals surface area contributed by atoms with Crippen molar-refractivity contribution in [1.82, 2.24) is 9.78 Å². The van der Waals surface area contributed by atoms with E-state index in [1.54, 1.807) is 43.2 Å². The zero-order valence-corrected chi connectivity index (χ0v) is 13.2. The summed E-state index contributed by atoms with van der Waals surface area (Å²) in [4.78, 5) is 12.6. The van der Waals surface area contributed by atoms with Crippen LogP contribution in [0.1, 0.15) is 24.2 Å². The zero-order chi connectivity index (χ0) is 16.0. The van der Waals surface area contributed by atoms with E-state index in [4.69, 9.17) is 16.0 Å². The molecule has 0 saturated heterocycles. The molecule has 1 aromatic carbocycles. The van der Waals surface area contributed by atoms with Gasteiger partial charge in [-0.15, -0.1) is 0 Å². The molecule has 0 saturated carbocycles. The molecule has 2 heterocycles. The Morgan fingerprint density at radius 2 is 2.14 bits per heavy atom. The quantitative estimate of drug-likeness (QED) is 0.787. The number of aromatic nitrogens is 2. The highest BCUT2D eigenvalue weighted by Gasteiger charge is 2.19. The lowest BCUT2D eigenvalue weighted by molar-refractivity contribution is 0.199. The molecule has 6 heteroatoms. The number of aliphatic hydroxyl groups excluding tert-OH is 1. The highest BCUT2D eigenvalue weighted by Crippen LogP contribution is 2.32. The molecule has 0 aliphatic rings. The van der Waals surface area contributed by atoms with E-state index < -0.39 is 6.10 Å². The van der Waals surface area contributed by atoms with Crippen molar-refractivity contribution in [2.45, 2.75) is 20.0 Å². The van der Waals surface area contributed by atoms with Gasteiger partial charge in [0.25, 0.3) is 0 Å². The summed E-state index contributed by atoms with van der Waals surface area (Å²) in [5.74, 6) is 0.262. The van der Waals surface area contributed by atoms with Crippen molar-refractivity contribution >= 4 is 22.6 Å². The Labute approximate surface area is 131 Å². The number of aliphatic hydroxyl groups is 1. The minimum Gasteiger partial charge on any atom is -0.454 e. The lowest BCUT2D eigenvalue weighted by atomic mass is 10.0. The number of hydrogen-bond acceptors (Lipinski definition) is 4. The molecule has 3 aromatic rings. The predicted octanol–water partition coefficient (Wildman–Crippen LogP) is 3.21. The van der Waals surface area contributed by atoms with E-state index >= 15 is 0 Å². The standard InChI is InChI=1S/C16H15ClN2O3/c1-8-4-11(9(2)20)16-12(5-8)14(21)13(17)15(22-16)10-6-18-19(3)7-10/h4-7,9,20H,1-3H3/t9-/m0/s1. The molecule has 0 spiro atoms. The van der Waals surface area contributed by atoms with Crippen molar-refractivity contribution in [1.29, 1.82) is 0 Å². The highest BCUT2D eigenvalue weighted by molar-refractivity contribution is 6.33. The van der Waals surface area contributed by atoms with Crippen LogP contribution in [0.4, 0.5) is 0 Å². The Bertz CT molecular complexity index is 925. The van der Waals surface area contributed by atoms with Gasteiger partial charge in [-0.1, -0.05) is 11.6 Å². The van der Waals surface area contributed by atoms with Gasteiger partial charge in [-0.3, -0.25) is 9.48 Å². The lowest BCUT2D eigenvalue weighted by Crippen LogP contribution is -2.06. The molecule has 0 unspecified atom stereocenters. The summed E-state index contributed by atoms with van der Waals surface area (Å²) in [7, 11) is 1.77. The number of benzene rings is 1. The second kappa shape index (κ2) is 5.26. The van der Waals surface area contributed by atoms with Gasteiger partial charge in [0.1, 0.15) is 10.6 Å². The Morgan fingerprint density at radius 1 is 1.41 bits per heavy atom. The van der Waals surface area contributed by atoms with Crippen LogP contribution in [0.3, 0.4) is 0 Å². The van der Waals surface area contributed by atoms with E-state index in [1.807, 2.05) is 6.92 Å². The van der Waals surface area contributed by atoms with Gasteiger partial charge in [0.05, 0.1) is 23.3 Å². The smallest absolute Gasteiger partial charge is 0.211 e. The SMILES string of the molecule is Cc1cc([C@H](C)O)c2oc(-c3cnn(C)c3)c(Cl)c(=O)c2c1. The number of fused-ring (bicyclic) bond motifs is 1. The summed E-state index contributed by atoms with van der Waals surface area (Å²) in [6, 6.07) is 3.52. The molecule has 5 nitrogen and oxygen atoms in total. The minimum atomic E-state index is -0.756. The summed E-state index contributed by atoms with van der Waals surface area (Å²) in [6.07, 6.45) is 2.53. The van der Waals surface area contributed by atoms with Gasteiger partial charge in [-0.2, -0.15) is 5.10 Å². The Morgan fingerprint density at radius 3 is 2.73 bits per heavy atom. The van der Waals surface area contributed by atoms with Crippen molar-refractivity contribution in [2.24, 2.45) is 7.05 Å². The van der Waals surface area contributed by atoms with E-state index in [0.717, 1.165) is 5.56 Å². The third-order valence-corrected chi connectivity index (χ3v) is 3.87. The Hall–Kier alpha value is -2.11. The summed E-state index contributed by atoms with van der Waals surface area (Å²) >= 11 is 6.19. The van der Waals surface area contributed by atoms with E-state index in [0.29, 0.717) is 22.1 Å². The van der Waals surface area contributed by atoms with Crippen LogP contribution in [-0.2, 0) is 7.05 Å². The second-order valence-corrected chi connectivity index (χ2v) is 5.76. The number of rotatable bonds is 2. The first-order valence-corrected chi connectivity index (χ1v) is 7.20. The normalized spacial score (nSPS) is 12.8. The van der Waals surface area contributed by atoms with Crippen molar-refractivity contribution in [3.05, 3.63) is 50.9 Å². The number of halogens is 1. The van der Waals surface area contributed by atoms with Crippen molar-refractivity contribution < 1.29 is 9.52 Å². The molecule has 0 radical (unpaired) electrons. The molecule has 0 aliphatic heterocycles. The topological polar surface area (TPSA) is 68.3 Å².